The Morgan fingerprint density at radius 3 is 2.71 bits per heavy atom. The van der Waals surface area contributed by atoms with Crippen LogP contribution in [0.15, 0.2) is 42.5 Å². The molecule has 1 heterocycles. The molecule has 21 heavy (non-hydrogen) atoms. The first-order chi connectivity index (χ1) is 9.86. The van der Waals surface area contributed by atoms with Crippen molar-refractivity contribution in [3.63, 3.8) is 0 Å². The van der Waals surface area contributed by atoms with Crippen molar-refractivity contribution in [2.45, 2.75) is 13.1 Å². The maximum atomic E-state index is 5.37. The molecule has 0 saturated carbocycles. The molecule has 2 aromatic rings. The van der Waals surface area contributed by atoms with Gasteiger partial charge >= 0.3 is 0 Å². The number of benzene rings is 2. The van der Waals surface area contributed by atoms with Crippen LogP contribution in [0, 0.1) is 0 Å². The van der Waals surface area contributed by atoms with Crippen LogP contribution in [0.25, 0.3) is 0 Å². The second-order valence-electron chi connectivity index (χ2n) is 4.60. The highest BCUT2D eigenvalue weighted by molar-refractivity contribution is 5.85. The zero-order chi connectivity index (χ0) is 13.8. The molecule has 1 N–H and O–H groups in total. The lowest BCUT2D eigenvalue weighted by Gasteiger charge is -2.09. The fourth-order valence-electron chi connectivity index (χ4n) is 2.24. The van der Waals surface area contributed by atoms with Crippen molar-refractivity contribution < 1.29 is 14.2 Å². The van der Waals surface area contributed by atoms with E-state index in [0.29, 0.717) is 6.79 Å². The average molecular weight is 308 g/mol. The Balaban J connectivity index is 0.00000161. The van der Waals surface area contributed by atoms with Crippen molar-refractivity contribution in [2.24, 2.45) is 0 Å². The number of halogens is 1. The number of methoxy groups -OCH3 is 1. The van der Waals surface area contributed by atoms with Gasteiger partial charge < -0.3 is 19.5 Å². The summed E-state index contributed by atoms with van der Waals surface area (Å²) in [6.45, 7) is 1.85. The first-order valence-corrected chi connectivity index (χ1v) is 6.58. The largest absolute Gasteiger partial charge is 0.496 e. The van der Waals surface area contributed by atoms with Crippen LogP contribution < -0.4 is 19.5 Å². The standard InChI is InChI=1S/C16H17NO3.ClH/c1-18-14-5-3-2-4-13(14)10-17-9-12-6-7-15-16(8-12)20-11-19-15;/h2-8,17H,9-11H2,1H3;1H. The Labute approximate surface area is 130 Å². The van der Waals surface area contributed by atoms with Crippen molar-refractivity contribution in [2.75, 3.05) is 13.9 Å². The van der Waals surface area contributed by atoms with Gasteiger partial charge in [-0.1, -0.05) is 24.3 Å². The maximum absolute atomic E-state index is 5.37. The van der Waals surface area contributed by atoms with E-state index in [9.17, 15) is 0 Å². The average Bonchev–Trinajstić information content (AvgIpc) is 2.95. The van der Waals surface area contributed by atoms with E-state index >= 15 is 0 Å². The normalized spacial score (nSPS) is 11.9. The van der Waals surface area contributed by atoms with Gasteiger partial charge in [-0.2, -0.15) is 0 Å². The van der Waals surface area contributed by atoms with E-state index in [1.165, 1.54) is 5.56 Å². The fourth-order valence-corrected chi connectivity index (χ4v) is 2.24. The maximum Gasteiger partial charge on any atom is 0.231 e. The predicted molar refractivity (Wildman–Crippen MR) is 83.4 cm³/mol. The number of fused-ring (bicyclic) bond motifs is 1. The van der Waals surface area contributed by atoms with Crippen LogP contribution in [0.2, 0.25) is 0 Å². The van der Waals surface area contributed by atoms with Gasteiger partial charge in [-0.3, -0.25) is 0 Å². The number of ether oxygens (including phenoxy) is 3. The quantitative estimate of drug-likeness (QED) is 0.921. The fraction of sp³-hybridized carbons (Fsp3) is 0.250. The molecule has 3 rings (SSSR count). The third-order valence-corrected chi connectivity index (χ3v) is 3.27. The topological polar surface area (TPSA) is 39.7 Å². The Bertz CT molecular complexity index is 604. The van der Waals surface area contributed by atoms with E-state index in [0.717, 1.165) is 35.9 Å². The second-order valence-corrected chi connectivity index (χ2v) is 4.60. The minimum atomic E-state index is 0. The molecule has 0 unspecified atom stereocenters. The predicted octanol–water partition coefficient (Wildman–Crippen LogP) is 3.14. The third kappa shape index (κ3) is 3.60. The summed E-state index contributed by atoms with van der Waals surface area (Å²) in [4.78, 5) is 0. The van der Waals surface area contributed by atoms with Crippen LogP contribution in [-0.4, -0.2) is 13.9 Å². The summed E-state index contributed by atoms with van der Waals surface area (Å²) >= 11 is 0. The van der Waals surface area contributed by atoms with E-state index in [4.69, 9.17) is 14.2 Å². The van der Waals surface area contributed by atoms with Gasteiger partial charge in [-0.25, -0.2) is 0 Å². The Morgan fingerprint density at radius 2 is 1.86 bits per heavy atom. The van der Waals surface area contributed by atoms with E-state index in [1.807, 2.05) is 36.4 Å². The first-order valence-electron chi connectivity index (χ1n) is 6.58. The smallest absolute Gasteiger partial charge is 0.231 e. The number of para-hydroxylation sites is 1. The van der Waals surface area contributed by atoms with Crippen LogP contribution in [0.4, 0.5) is 0 Å². The molecule has 0 spiro atoms. The zero-order valence-corrected chi connectivity index (χ0v) is 12.6. The molecule has 0 aliphatic carbocycles. The summed E-state index contributed by atoms with van der Waals surface area (Å²) in [6, 6.07) is 14.0. The summed E-state index contributed by atoms with van der Waals surface area (Å²) in [6.07, 6.45) is 0. The lowest BCUT2D eigenvalue weighted by atomic mass is 10.1. The monoisotopic (exact) mass is 307 g/mol. The molecule has 2 aromatic carbocycles. The van der Waals surface area contributed by atoms with Gasteiger partial charge in [0.15, 0.2) is 11.5 Å². The highest BCUT2D eigenvalue weighted by atomic mass is 35.5. The number of hydrogen-bond acceptors (Lipinski definition) is 4. The highest BCUT2D eigenvalue weighted by Crippen LogP contribution is 2.32. The van der Waals surface area contributed by atoms with Crippen LogP contribution >= 0.6 is 12.4 Å². The summed E-state index contributed by atoms with van der Waals surface area (Å²) in [5.74, 6) is 2.55. The Hall–Kier alpha value is -1.91. The van der Waals surface area contributed by atoms with Crippen molar-refractivity contribution >= 4 is 12.4 Å². The molecule has 112 valence electrons. The Morgan fingerprint density at radius 1 is 1.05 bits per heavy atom. The van der Waals surface area contributed by atoms with Gasteiger partial charge in [0.05, 0.1) is 7.11 Å². The number of nitrogens with one attached hydrogen (secondary N) is 1. The van der Waals surface area contributed by atoms with Gasteiger partial charge in [0.1, 0.15) is 5.75 Å². The van der Waals surface area contributed by atoms with Gasteiger partial charge in [0.2, 0.25) is 6.79 Å². The van der Waals surface area contributed by atoms with E-state index in [-0.39, 0.29) is 12.4 Å². The van der Waals surface area contributed by atoms with E-state index < -0.39 is 0 Å². The van der Waals surface area contributed by atoms with Crippen LogP contribution in [0.5, 0.6) is 17.2 Å². The molecule has 0 fully saturated rings. The number of hydrogen-bond donors (Lipinski definition) is 1. The first kappa shape index (κ1) is 15.5. The summed E-state index contributed by atoms with van der Waals surface area (Å²) in [5.41, 5.74) is 2.32. The van der Waals surface area contributed by atoms with Crippen molar-refractivity contribution in [3.8, 4) is 17.2 Å². The number of rotatable bonds is 5. The molecular weight excluding hydrogens is 290 g/mol. The van der Waals surface area contributed by atoms with Gasteiger partial charge in [0.25, 0.3) is 0 Å². The zero-order valence-electron chi connectivity index (χ0n) is 11.8. The highest BCUT2D eigenvalue weighted by Gasteiger charge is 2.12. The minimum absolute atomic E-state index is 0. The lowest BCUT2D eigenvalue weighted by Crippen LogP contribution is -2.13. The molecule has 0 amide bonds. The third-order valence-electron chi connectivity index (χ3n) is 3.27. The molecule has 0 bridgehead atoms. The molecule has 0 aromatic heterocycles. The summed E-state index contributed by atoms with van der Waals surface area (Å²) in [5, 5.41) is 3.41. The van der Waals surface area contributed by atoms with Crippen LogP contribution in [0.1, 0.15) is 11.1 Å². The lowest BCUT2D eigenvalue weighted by molar-refractivity contribution is 0.174. The molecule has 5 heteroatoms. The minimum Gasteiger partial charge on any atom is -0.496 e. The van der Waals surface area contributed by atoms with Crippen LogP contribution in [0.3, 0.4) is 0 Å². The summed E-state index contributed by atoms with van der Waals surface area (Å²) < 4.78 is 16.0. The molecule has 0 radical (unpaired) electrons. The van der Waals surface area contributed by atoms with Gasteiger partial charge in [-0.15, -0.1) is 12.4 Å². The van der Waals surface area contributed by atoms with E-state index in [2.05, 4.69) is 11.4 Å². The molecular formula is C16H18ClNO3. The molecule has 1 aliphatic rings. The molecule has 0 atom stereocenters. The Kier molecular flexibility index (Phi) is 5.31. The summed E-state index contributed by atoms with van der Waals surface area (Å²) in [7, 11) is 1.69. The molecule has 4 nitrogen and oxygen atoms in total. The van der Waals surface area contributed by atoms with Crippen LogP contribution in [-0.2, 0) is 13.1 Å². The molecule has 0 saturated heterocycles. The van der Waals surface area contributed by atoms with Crippen molar-refractivity contribution in [3.05, 3.63) is 53.6 Å². The van der Waals surface area contributed by atoms with Gasteiger partial charge in [0, 0.05) is 18.7 Å². The van der Waals surface area contributed by atoms with Crippen molar-refractivity contribution in [1.29, 1.82) is 0 Å². The SMILES string of the molecule is COc1ccccc1CNCc1ccc2c(c1)OCO2.Cl. The molecule has 1 aliphatic heterocycles. The second kappa shape index (κ2) is 7.20. The van der Waals surface area contributed by atoms with Crippen molar-refractivity contribution in [1.82, 2.24) is 5.32 Å². The van der Waals surface area contributed by atoms with E-state index in [1.54, 1.807) is 7.11 Å². The van der Waals surface area contributed by atoms with Gasteiger partial charge in [-0.05, 0) is 23.8 Å².